The van der Waals surface area contributed by atoms with Crippen LogP contribution in [-0.4, -0.2) is 48.6 Å². The van der Waals surface area contributed by atoms with Crippen molar-refractivity contribution in [3.63, 3.8) is 0 Å². The molecule has 21 heavy (non-hydrogen) atoms. The van der Waals surface area contributed by atoms with Crippen LogP contribution in [0.15, 0.2) is 0 Å². The molecule has 0 amide bonds. The van der Waals surface area contributed by atoms with E-state index in [1.165, 1.54) is 0 Å². The lowest BCUT2D eigenvalue weighted by molar-refractivity contribution is 0.355. The van der Waals surface area contributed by atoms with Crippen LogP contribution in [0, 0.1) is 11.8 Å². The van der Waals surface area contributed by atoms with Crippen LogP contribution in [0.5, 0.6) is 0 Å². The molecule has 0 spiro atoms. The molecule has 3 nitrogen and oxygen atoms in total. The summed E-state index contributed by atoms with van der Waals surface area (Å²) in [6.07, 6.45) is 10.1. The summed E-state index contributed by atoms with van der Waals surface area (Å²) in [6.45, 7) is 0. The topological polar surface area (TPSA) is 34.3 Å². The summed E-state index contributed by atoms with van der Waals surface area (Å²) in [5.74, 6) is 1.08. The SMILES string of the molecule is [2H][Si]([2H])(CCC1CCC2OC2C1)O[Si]([2H])([2H])CCC1CCC2OC2C1. The Kier molecular flexibility index (Phi) is 3.57. The highest BCUT2D eigenvalue weighted by Gasteiger charge is 2.44. The molecule has 2 aliphatic carbocycles. The van der Waals surface area contributed by atoms with Crippen molar-refractivity contribution in [3.8, 4) is 0 Å². The van der Waals surface area contributed by atoms with E-state index in [1.807, 2.05) is 0 Å². The lowest BCUT2D eigenvalue weighted by Crippen LogP contribution is -2.15. The van der Waals surface area contributed by atoms with E-state index in [9.17, 15) is 0 Å². The van der Waals surface area contributed by atoms with Crippen molar-refractivity contribution in [2.24, 2.45) is 11.8 Å². The molecule has 4 fully saturated rings. The van der Waals surface area contributed by atoms with Crippen LogP contribution in [0.1, 0.15) is 51.4 Å². The smallest absolute Gasteiger partial charge is 0.146 e. The number of hydrogen-bond acceptors (Lipinski definition) is 3. The first kappa shape index (κ1) is 11.0. The third kappa shape index (κ3) is 4.19. The highest BCUT2D eigenvalue weighted by atomic mass is 28.3. The molecule has 120 valence electrons. The molecule has 2 heterocycles. The number of ether oxygens (including phenoxy) is 2. The molecule has 6 atom stereocenters. The van der Waals surface area contributed by atoms with Crippen molar-refractivity contribution < 1.29 is 13.6 Å². The standard InChI is InChI=1S/C16H30O3Si2/c1-3-13-15(17-13)9-11(1)5-7-20-19-21-8-6-12-2-4-14-16(10-12)18-14/h11-16H,1-10,20-21H2/i20D2,21D2. The van der Waals surface area contributed by atoms with Gasteiger partial charge in [-0.2, -0.15) is 0 Å². The monoisotopic (exact) mass is 330 g/mol. The Morgan fingerprint density at radius 2 is 1.33 bits per heavy atom. The van der Waals surface area contributed by atoms with Gasteiger partial charge >= 0.3 is 0 Å². The van der Waals surface area contributed by atoms with Crippen LogP contribution >= 0.6 is 0 Å². The van der Waals surface area contributed by atoms with E-state index in [0.717, 1.165) is 51.4 Å². The Hall–Kier alpha value is 0.314. The zero-order chi connectivity index (χ0) is 17.7. The quantitative estimate of drug-likeness (QED) is 0.504. The minimum atomic E-state index is -3.40. The van der Waals surface area contributed by atoms with Crippen molar-refractivity contribution in [3.05, 3.63) is 0 Å². The van der Waals surface area contributed by atoms with E-state index in [-0.39, 0.29) is 0 Å². The van der Waals surface area contributed by atoms with Crippen molar-refractivity contribution in [2.45, 2.75) is 87.9 Å². The minimum absolute atomic E-state index is 0.429. The predicted molar refractivity (Wildman–Crippen MR) is 89.0 cm³/mol. The molecule has 0 aromatic carbocycles. The molecule has 4 aliphatic rings. The van der Waals surface area contributed by atoms with Crippen molar-refractivity contribution >= 4 is 19.3 Å². The first-order valence-electron chi connectivity index (χ1n) is 10.8. The fourth-order valence-electron chi connectivity index (χ4n) is 4.18. The molecule has 2 saturated carbocycles. The molecule has 0 radical (unpaired) electrons. The van der Waals surface area contributed by atoms with Gasteiger partial charge in [0.05, 0.1) is 24.4 Å². The number of hydrogen-bond donors (Lipinski definition) is 0. The first-order valence-corrected chi connectivity index (χ1v) is 11.0. The second-order valence-electron chi connectivity index (χ2n) is 7.25. The first-order chi connectivity index (χ1) is 11.8. The Labute approximate surface area is 138 Å². The van der Waals surface area contributed by atoms with Gasteiger partial charge in [0.25, 0.3) is 0 Å². The van der Waals surface area contributed by atoms with Crippen molar-refractivity contribution in [1.29, 1.82) is 4.94 Å². The second-order valence-corrected chi connectivity index (χ2v) is 9.65. The zero-order valence-corrected chi connectivity index (χ0v) is 14.8. The third-order valence-electron chi connectivity index (χ3n) is 5.68. The van der Waals surface area contributed by atoms with Gasteiger partial charge in [-0.1, -0.05) is 12.8 Å². The van der Waals surface area contributed by atoms with Gasteiger partial charge in [0.15, 0.2) is 0 Å². The molecule has 0 aromatic heterocycles. The molecule has 0 N–H and O–H groups in total. The maximum Gasteiger partial charge on any atom is 0.146 e. The van der Waals surface area contributed by atoms with Gasteiger partial charge in [0.1, 0.15) is 19.3 Å². The average molecular weight is 331 g/mol. The van der Waals surface area contributed by atoms with Crippen LogP contribution in [0.2, 0.25) is 12.1 Å². The number of fused-ring (bicyclic) bond motifs is 2. The van der Waals surface area contributed by atoms with Crippen LogP contribution in [0.3, 0.4) is 0 Å². The highest BCUT2D eigenvalue weighted by molar-refractivity contribution is 6.42. The fraction of sp³-hybridized carbons (Fsp3) is 1.00. The lowest BCUT2D eigenvalue weighted by atomic mass is 9.88. The summed E-state index contributed by atoms with van der Waals surface area (Å²) in [7, 11) is -6.80. The van der Waals surface area contributed by atoms with Gasteiger partial charge in [0.2, 0.25) is 0 Å². The third-order valence-corrected chi connectivity index (χ3v) is 7.82. The van der Waals surface area contributed by atoms with Gasteiger partial charge in [-0.25, -0.2) is 0 Å². The summed E-state index contributed by atoms with van der Waals surface area (Å²) in [5.41, 5.74) is 0. The molecular weight excluding hydrogens is 296 g/mol. The van der Waals surface area contributed by atoms with E-state index in [1.54, 1.807) is 0 Å². The molecule has 0 aromatic rings. The van der Waals surface area contributed by atoms with E-state index in [4.69, 9.17) is 18.5 Å². The molecular formula is C16H30O3Si2. The van der Waals surface area contributed by atoms with Crippen LogP contribution in [0.4, 0.5) is 0 Å². The normalized spacial score (nSPS) is 48.2. The van der Waals surface area contributed by atoms with Crippen LogP contribution < -0.4 is 0 Å². The molecule has 6 unspecified atom stereocenters. The Morgan fingerprint density at radius 3 is 1.81 bits per heavy atom. The number of epoxide rings is 2. The average Bonchev–Trinajstić information content (AvgIpc) is 3.42. The maximum absolute atomic E-state index is 8.25. The van der Waals surface area contributed by atoms with Crippen molar-refractivity contribution in [2.75, 3.05) is 0 Å². The van der Waals surface area contributed by atoms with Gasteiger partial charge < -0.3 is 13.6 Å². The minimum Gasteiger partial charge on any atom is -0.465 e. The summed E-state index contributed by atoms with van der Waals surface area (Å²) >= 11 is 0. The van der Waals surface area contributed by atoms with Gasteiger partial charge in [-0.05, 0) is 62.4 Å². The highest BCUT2D eigenvalue weighted by Crippen LogP contribution is 2.41. The molecule has 2 saturated heterocycles. The van der Waals surface area contributed by atoms with Crippen molar-refractivity contribution in [1.82, 2.24) is 0 Å². The molecule has 5 heteroatoms. The molecule has 4 rings (SSSR count). The van der Waals surface area contributed by atoms with Crippen LogP contribution in [0.25, 0.3) is 0 Å². The Balaban J connectivity index is 1.18. The zero-order valence-electron chi connectivity index (χ0n) is 16.8. The number of rotatable bonds is 8. The van der Waals surface area contributed by atoms with E-state index < -0.39 is 19.3 Å². The Bertz CT molecular complexity index is 454. The summed E-state index contributed by atoms with van der Waals surface area (Å²) in [5, 5.41) is 0. The fourth-order valence-corrected chi connectivity index (χ4v) is 6.45. The predicted octanol–water partition coefficient (Wildman–Crippen LogP) is 1.92. The van der Waals surface area contributed by atoms with Gasteiger partial charge in [0, 0.05) is 4.94 Å². The van der Waals surface area contributed by atoms with Crippen LogP contribution in [-0.2, 0) is 13.6 Å². The summed E-state index contributed by atoms with van der Waals surface area (Å²) in [4.78, 5) is 0. The van der Waals surface area contributed by atoms with Gasteiger partial charge in [-0.3, -0.25) is 0 Å². The maximum atomic E-state index is 8.25. The lowest BCUT2D eigenvalue weighted by Gasteiger charge is -2.19. The summed E-state index contributed by atoms with van der Waals surface area (Å²) < 4.78 is 49.7. The Morgan fingerprint density at radius 1 is 0.810 bits per heavy atom. The van der Waals surface area contributed by atoms with Gasteiger partial charge in [-0.15, -0.1) is 0 Å². The molecule has 0 bridgehead atoms. The van der Waals surface area contributed by atoms with E-state index >= 15 is 0 Å². The largest absolute Gasteiger partial charge is 0.465 e. The van der Waals surface area contributed by atoms with E-state index in [2.05, 4.69) is 0 Å². The second kappa shape index (κ2) is 6.83. The van der Waals surface area contributed by atoms with E-state index in [0.29, 0.717) is 48.3 Å². The summed E-state index contributed by atoms with van der Waals surface area (Å²) in [6, 6.07) is 0.866. The molecule has 2 aliphatic heterocycles.